The lowest BCUT2D eigenvalue weighted by Crippen LogP contribution is -2.34. The number of ketones is 1. The fourth-order valence-electron chi connectivity index (χ4n) is 1.82. The van der Waals surface area contributed by atoms with Crippen LogP contribution in [0.2, 0.25) is 0 Å². The average Bonchev–Trinajstić information content (AvgIpc) is 2.56. The van der Waals surface area contributed by atoms with Crippen LogP contribution in [-0.4, -0.2) is 28.3 Å². The highest BCUT2D eigenvalue weighted by Crippen LogP contribution is 2.08. The van der Waals surface area contributed by atoms with Crippen molar-refractivity contribution in [2.75, 3.05) is 13.1 Å². The lowest BCUT2D eigenvalue weighted by atomic mass is 10.1. The van der Waals surface area contributed by atoms with Gasteiger partial charge in [0.25, 0.3) is 0 Å². The van der Waals surface area contributed by atoms with Crippen LogP contribution < -0.4 is 0 Å². The molecule has 1 aliphatic rings. The third-order valence-corrected chi connectivity index (χ3v) is 2.68. The van der Waals surface area contributed by atoms with Gasteiger partial charge in [0.2, 0.25) is 0 Å². The lowest BCUT2D eigenvalue weighted by molar-refractivity contribution is -0.121. The van der Waals surface area contributed by atoms with Crippen molar-refractivity contribution >= 4 is 5.78 Å². The number of carbonyl (C=O) groups is 1. The molecule has 1 fully saturated rings. The van der Waals surface area contributed by atoms with Crippen molar-refractivity contribution < 1.29 is 4.79 Å². The van der Waals surface area contributed by atoms with Gasteiger partial charge in [-0.15, -0.1) is 0 Å². The van der Waals surface area contributed by atoms with E-state index in [1.807, 2.05) is 0 Å². The van der Waals surface area contributed by atoms with E-state index in [1.54, 1.807) is 0 Å². The fourth-order valence-corrected chi connectivity index (χ4v) is 1.82. The van der Waals surface area contributed by atoms with E-state index in [2.05, 4.69) is 34.9 Å². The normalized spacial score (nSPS) is 18.8. The second-order valence-electron chi connectivity index (χ2n) is 4.00. The van der Waals surface area contributed by atoms with E-state index in [9.17, 15) is 4.79 Å². The number of aromatic nitrogens is 1. The summed E-state index contributed by atoms with van der Waals surface area (Å²) in [5.41, 5.74) is 1.29. The van der Waals surface area contributed by atoms with E-state index < -0.39 is 0 Å². The molecule has 76 valence electrons. The number of rotatable bonds is 2. The monoisotopic (exact) mass is 192 g/mol. The molecule has 0 bridgehead atoms. The van der Waals surface area contributed by atoms with E-state index in [0.717, 1.165) is 32.6 Å². The molecule has 3 nitrogen and oxygen atoms in total. The van der Waals surface area contributed by atoms with E-state index >= 15 is 0 Å². The standard InChI is InChI=1S/C11H16N2O/c1-10-2-5-13(8-10)9-12-6-3-11(14)4-7-12/h2,5,8H,3-4,6-7,9H2,1H3. The molecule has 3 heteroatoms. The predicted octanol–water partition coefficient (Wildman–Crippen LogP) is 1.42. The molecule has 2 rings (SSSR count). The van der Waals surface area contributed by atoms with E-state index in [-0.39, 0.29) is 0 Å². The van der Waals surface area contributed by atoms with Gasteiger partial charge >= 0.3 is 0 Å². The van der Waals surface area contributed by atoms with Gasteiger partial charge in [-0.05, 0) is 18.6 Å². The summed E-state index contributed by atoms with van der Waals surface area (Å²) in [7, 11) is 0. The summed E-state index contributed by atoms with van der Waals surface area (Å²) >= 11 is 0. The van der Waals surface area contributed by atoms with Crippen molar-refractivity contribution in [3.63, 3.8) is 0 Å². The van der Waals surface area contributed by atoms with Crippen molar-refractivity contribution in [1.29, 1.82) is 0 Å². The molecule has 0 unspecified atom stereocenters. The number of hydrogen-bond acceptors (Lipinski definition) is 2. The summed E-state index contributed by atoms with van der Waals surface area (Å²) in [6.45, 7) is 4.84. The summed E-state index contributed by atoms with van der Waals surface area (Å²) < 4.78 is 2.17. The van der Waals surface area contributed by atoms with Gasteiger partial charge in [-0.25, -0.2) is 0 Å². The number of hydrogen-bond donors (Lipinski definition) is 0. The second-order valence-corrected chi connectivity index (χ2v) is 4.00. The first-order chi connectivity index (χ1) is 6.74. The van der Waals surface area contributed by atoms with Gasteiger partial charge in [-0.3, -0.25) is 9.69 Å². The lowest BCUT2D eigenvalue weighted by Gasteiger charge is -2.25. The van der Waals surface area contributed by atoms with Gasteiger partial charge in [0.05, 0.1) is 6.67 Å². The maximum Gasteiger partial charge on any atom is 0.135 e. The highest BCUT2D eigenvalue weighted by molar-refractivity contribution is 5.79. The van der Waals surface area contributed by atoms with Crippen LogP contribution in [0.4, 0.5) is 0 Å². The Hall–Kier alpha value is -1.09. The maximum atomic E-state index is 11.0. The van der Waals surface area contributed by atoms with Gasteiger partial charge < -0.3 is 4.57 Å². The smallest absolute Gasteiger partial charge is 0.135 e. The van der Waals surface area contributed by atoms with E-state index in [0.29, 0.717) is 5.78 Å². The van der Waals surface area contributed by atoms with Crippen LogP contribution in [0.3, 0.4) is 0 Å². The largest absolute Gasteiger partial charge is 0.341 e. The summed E-state index contributed by atoms with van der Waals surface area (Å²) in [5.74, 6) is 0.407. The molecule has 14 heavy (non-hydrogen) atoms. The third kappa shape index (κ3) is 2.23. The molecule has 0 radical (unpaired) electrons. The molecule has 0 spiro atoms. The minimum Gasteiger partial charge on any atom is -0.341 e. The van der Waals surface area contributed by atoms with Crippen LogP contribution in [0.5, 0.6) is 0 Å². The number of piperidine rings is 1. The molecule has 0 amide bonds. The van der Waals surface area contributed by atoms with Gasteiger partial charge in [0.1, 0.15) is 5.78 Å². The molecule has 0 aliphatic carbocycles. The zero-order valence-electron chi connectivity index (χ0n) is 8.57. The Bertz CT molecular complexity index is 320. The van der Waals surface area contributed by atoms with Gasteiger partial charge in [0, 0.05) is 38.3 Å². The van der Waals surface area contributed by atoms with Crippen molar-refractivity contribution in [2.45, 2.75) is 26.4 Å². The molecule has 0 N–H and O–H groups in total. The highest BCUT2D eigenvalue weighted by Gasteiger charge is 2.15. The SMILES string of the molecule is Cc1ccn(CN2CCC(=O)CC2)c1. The number of carbonyl (C=O) groups excluding carboxylic acids is 1. The number of Topliss-reactive ketones (excluding diaryl/α,β-unsaturated/α-hetero) is 1. The molecular formula is C11H16N2O. The summed E-state index contributed by atoms with van der Waals surface area (Å²) in [6, 6.07) is 2.11. The first-order valence-corrected chi connectivity index (χ1v) is 5.10. The molecule has 1 saturated heterocycles. The third-order valence-electron chi connectivity index (χ3n) is 2.68. The van der Waals surface area contributed by atoms with Crippen molar-refractivity contribution in [1.82, 2.24) is 9.47 Å². The Morgan fingerprint density at radius 3 is 2.64 bits per heavy atom. The topological polar surface area (TPSA) is 25.2 Å². The number of aryl methyl sites for hydroxylation is 1. The Balaban J connectivity index is 1.89. The average molecular weight is 192 g/mol. The van der Waals surface area contributed by atoms with Gasteiger partial charge in [-0.2, -0.15) is 0 Å². The molecule has 2 heterocycles. The molecule has 1 aliphatic heterocycles. The Kier molecular flexibility index (Phi) is 2.68. The Morgan fingerprint density at radius 2 is 2.07 bits per heavy atom. The van der Waals surface area contributed by atoms with Gasteiger partial charge in [0.15, 0.2) is 0 Å². The second kappa shape index (κ2) is 3.96. The molecule has 0 aromatic carbocycles. The van der Waals surface area contributed by atoms with Crippen LogP contribution in [0.1, 0.15) is 18.4 Å². The Labute approximate surface area is 84.3 Å². The molecule has 0 atom stereocenters. The van der Waals surface area contributed by atoms with E-state index in [1.165, 1.54) is 5.56 Å². The summed E-state index contributed by atoms with van der Waals surface area (Å²) in [4.78, 5) is 13.4. The Morgan fingerprint density at radius 1 is 1.36 bits per heavy atom. The quantitative estimate of drug-likeness (QED) is 0.708. The van der Waals surface area contributed by atoms with Crippen LogP contribution >= 0.6 is 0 Å². The summed E-state index contributed by atoms with van der Waals surface area (Å²) in [5, 5.41) is 0. The predicted molar refractivity (Wildman–Crippen MR) is 55.0 cm³/mol. The fraction of sp³-hybridized carbons (Fsp3) is 0.545. The van der Waals surface area contributed by atoms with Crippen LogP contribution in [0, 0.1) is 6.92 Å². The van der Waals surface area contributed by atoms with Crippen LogP contribution in [-0.2, 0) is 11.5 Å². The molecule has 1 aromatic rings. The first-order valence-electron chi connectivity index (χ1n) is 5.10. The minimum atomic E-state index is 0.407. The number of likely N-dealkylation sites (tertiary alicyclic amines) is 1. The molecular weight excluding hydrogens is 176 g/mol. The van der Waals surface area contributed by atoms with Crippen LogP contribution in [0.15, 0.2) is 18.5 Å². The molecule has 0 saturated carbocycles. The van der Waals surface area contributed by atoms with Crippen molar-refractivity contribution in [3.05, 3.63) is 24.0 Å². The zero-order chi connectivity index (χ0) is 9.97. The summed E-state index contributed by atoms with van der Waals surface area (Å²) in [6.07, 6.45) is 5.67. The van der Waals surface area contributed by atoms with E-state index in [4.69, 9.17) is 0 Å². The van der Waals surface area contributed by atoms with Crippen molar-refractivity contribution in [3.8, 4) is 0 Å². The van der Waals surface area contributed by atoms with Crippen molar-refractivity contribution in [2.24, 2.45) is 0 Å². The van der Waals surface area contributed by atoms with Gasteiger partial charge in [-0.1, -0.05) is 0 Å². The van der Waals surface area contributed by atoms with Crippen LogP contribution in [0.25, 0.3) is 0 Å². The maximum absolute atomic E-state index is 11.0. The zero-order valence-corrected chi connectivity index (χ0v) is 8.57. The molecule has 1 aromatic heterocycles. The first kappa shape index (κ1) is 9.46. The highest BCUT2D eigenvalue weighted by atomic mass is 16.1. The number of nitrogens with zero attached hydrogens (tertiary/aromatic N) is 2. The minimum absolute atomic E-state index is 0.407.